The molecule has 6 atom stereocenters. The topological polar surface area (TPSA) is 55.2 Å². The lowest BCUT2D eigenvalue weighted by Crippen LogP contribution is -2.52. The van der Waals surface area contributed by atoms with E-state index >= 15 is 0 Å². The van der Waals surface area contributed by atoms with E-state index in [1.807, 2.05) is 0 Å². The fourth-order valence-corrected chi connectivity index (χ4v) is 10.6. The fourth-order valence-electron chi connectivity index (χ4n) is 9.22. The van der Waals surface area contributed by atoms with E-state index in [4.69, 9.17) is 18.8 Å². The van der Waals surface area contributed by atoms with Crippen LogP contribution in [-0.4, -0.2) is 65.4 Å². The molecular formula is C41H81N3O2Si2. The van der Waals surface area contributed by atoms with Crippen molar-refractivity contribution in [3.63, 3.8) is 0 Å². The van der Waals surface area contributed by atoms with Crippen molar-refractivity contribution in [2.45, 2.75) is 189 Å². The van der Waals surface area contributed by atoms with Gasteiger partial charge in [-0.15, -0.1) is 0 Å². The molecule has 2 saturated carbocycles. The van der Waals surface area contributed by atoms with E-state index < -0.39 is 16.6 Å². The lowest BCUT2D eigenvalue weighted by atomic mass is 9.68. The third-order valence-corrected chi connectivity index (χ3v) is 14.1. The molecule has 1 heterocycles. The lowest BCUT2D eigenvalue weighted by Gasteiger charge is -2.42. The summed E-state index contributed by atoms with van der Waals surface area (Å²) in [5, 5.41) is 4.25. The second-order valence-corrected chi connectivity index (χ2v) is 28.4. The van der Waals surface area contributed by atoms with Gasteiger partial charge in [-0.05, 0) is 132 Å². The first kappa shape index (κ1) is 42.1. The molecular weight excluding hydrogens is 623 g/mol. The summed E-state index contributed by atoms with van der Waals surface area (Å²) < 4.78 is 13.0. The highest BCUT2D eigenvalue weighted by atomic mass is 28.4. The predicted molar refractivity (Wildman–Crippen MR) is 216 cm³/mol. The van der Waals surface area contributed by atoms with Crippen LogP contribution in [0.4, 0.5) is 0 Å². The van der Waals surface area contributed by atoms with Gasteiger partial charge in [-0.1, -0.05) is 68.2 Å². The normalized spacial score (nSPS) is 31.8. The van der Waals surface area contributed by atoms with Gasteiger partial charge in [0, 0.05) is 49.6 Å². The Morgan fingerprint density at radius 1 is 0.521 bits per heavy atom. The van der Waals surface area contributed by atoms with E-state index in [1.54, 1.807) is 0 Å². The molecule has 3 rings (SSSR count). The molecule has 0 aromatic heterocycles. The molecule has 0 aromatic rings. The van der Waals surface area contributed by atoms with Crippen molar-refractivity contribution in [3.05, 3.63) is 0 Å². The number of piperidine rings is 1. The fraction of sp³-hybridized carbons (Fsp3) is 0.951. The van der Waals surface area contributed by atoms with Crippen LogP contribution in [0.3, 0.4) is 0 Å². The molecule has 1 saturated heterocycles. The summed E-state index contributed by atoms with van der Waals surface area (Å²) in [4.78, 5) is 11.8. The zero-order chi connectivity index (χ0) is 35.8. The van der Waals surface area contributed by atoms with Crippen LogP contribution in [-0.2, 0) is 8.85 Å². The van der Waals surface area contributed by atoms with Crippen LogP contribution in [0.5, 0.6) is 0 Å². The van der Waals surface area contributed by atoms with Gasteiger partial charge in [-0.3, -0.25) is 9.98 Å². The summed E-state index contributed by atoms with van der Waals surface area (Å²) in [6.07, 6.45) is 13.4. The van der Waals surface area contributed by atoms with Gasteiger partial charge in [-0.2, -0.15) is 0 Å². The molecule has 0 bridgehead atoms. The van der Waals surface area contributed by atoms with E-state index in [-0.39, 0.29) is 0 Å². The molecule has 1 N–H and O–H groups in total. The first-order chi connectivity index (χ1) is 22.4. The number of nitrogens with zero attached hydrogens (tertiary/aromatic N) is 2. The zero-order valence-electron chi connectivity index (χ0n) is 34.3. The van der Waals surface area contributed by atoms with Crippen molar-refractivity contribution >= 4 is 28.1 Å². The molecule has 3 fully saturated rings. The Bertz CT molecular complexity index is 902. The van der Waals surface area contributed by atoms with Gasteiger partial charge in [0.05, 0.1) is 12.1 Å². The summed E-state index contributed by atoms with van der Waals surface area (Å²) in [6, 6.07) is 1.43. The Hall–Kier alpha value is -0.346. The SMILES string of the molecule is CC(C)C1CCCC(C(C)C)C1N=C(CCO[Si](C)(C)C)C1CCCC(C(CCO[Si](C)(C)C)=NC2C(C(C)C)CCCC2C(C)C)N1. The summed E-state index contributed by atoms with van der Waals surface area (Å²) in [6.45, 7) is 35.0. The lowest BCUT2D eigenvalue weighted by molar-refractivity contribution is 0.141. The Kier molecular flexibility index (Phi) is 16.6. The van der Waals surface area contributed by atoms with Crippen molar-refractivity contribution in [1.82, 2.24) is 5.32 Å². The van der Waals surface area contributed by atoms with E-state index in [9.17, 15) is 0 Å². The maximum atomic E-state index is 6.51. The molecule has 7 heteroatoms. The minimum atomic E-state index is -1.61. The van der Waals surface area contributed by atoms with Crippen LogP contribution >= 0.6 is 0 Å². The van der Waals surface area contributed by atoms with Crippen LogP contribution in [0.15, 0.2) is 9.98 Å². The molecule has 1 aliphatic heterocycles. The van der Waals surface area contributed by atoms with Crippen LogP contribution in [0.1, 0.15) is 126 Å². The largest absolute Gasteiger partial charge is 0.417 e. The highest BCUT2D eigenvalue weighted by Gasteiger charge is 2.39. The van der Waals surface area contributed by atoms with Crippen molar-refractivity contribution < 1.29 is 8.85 Å². The molecule has 0 amide bonds. The Balaban J connectivity index is 2.01. The average Bonchev–Trinajstić information content (AvgIpc) is 2.98. The van der Waals surface area contributed by atoms with Crippen LogP contribution in [0, 0.1) is 47.3 Å². The first-order valence-corrected chi connectivity index (χ1v) is 27.4. The third kappa shape index (κ3) is 13.0. The van der Waals surface area contributed by atoms with Crippen molar-refractivity contribution in [3.8, 4) is 0 Å². The zero-order valence-corrected chi connectivity index (χ0v) is 36.3. The number of aliphatic imine (C=N–C) groups is 2. The van der Waals surface area contributed by atoms with Crippen LogP contribution in [0.2, 0.25) is 39.3 Å². The van der Waals surface area contributed by atoms with Gasteiger partial charge in [0.25, 0.3) is 0 Å². The second-order valence-electron chi connectivity index (χ2n) is 19.3. The van der Waals surface area contributed by atoms with Crippen molar-refractivity contribution in [1.29, 1.82) is 0 Å². The summed E-state index contributed by atoms with van der Waals surface area (Å²) in [5.41, 5.74) is 2.77. The first-order valence-electron chi connectivity index (χ1n) is 20.5. The standard InChI is InChI=1S/C41H81N3O2Si2/c1-28(2)32-18-15-19-33(29(3)4)40(32)43-38(24-26-45-47(9,10)11)36-22-17-23-37(42-36)39(25-27-46-48(12,13)14)44-41-34(30(5)6)20-16-21-35(41)31(7)8/h28-37,40-42H,15-27H2,1-14H3. The molecule has 0 spiro atoms. The van der Waals surface area contributed by atoms with Gasteiger partial charge in [0.2, 0.25) is 0 Å². The molecule has 2 aliphatic carbocycles. The minimum absolute atomic E-state index is 0.299. The molecule has 0 radical (unpaired) electrons. The highest BCUT2D eigenvalue weighted by molar-refractivity contribution is 6.70. The molecule has 280 valence electrons. The molecule has 5 nitrogen and oxygen atoms in total. The van der Waals surface area contributed by atoms with E-state index in [2.05, 4.69) is 100.0 Å². The van der Waals surface area contributed by atoms with Gasteiger partial charge < -0.3 is 14.2 Å². The molecule has 0 aromatic carbocycles. The maximum Gasteiger partial charge on any atom is 0.183 e. The average molecular weight is 704 g/mol. The van der Waals surface area contributed by atoms with Gasteiger partial charge in [0.1, 0.15) is 0 Å². The van der Waals surface area contributed by atoms with E-state index in [1.165, 1.54) is 69.2 Å². The van der Waals surface area contributed by atoms with Crippen molar-refractivity contribution in [2.75, 3.05) is 13.2 Å². The summed E-state index contributed by atoms with van der Waals surface area (Å²) in [7, 11) is -3.23. The minimum Gasteiger partial charge on any atom is -0.417 e. The van der Waals surface area contributed by atoms with Gasteiger partial charge in [-0.25, -0.2) is 0 Å². The molecule has 3 aliphatic rings. The highest BCUT2D eigenvalue weighted by Crippen LogP contribution is 2.41. The number of nitrogens with one attached hydrogen (secondary N) is 1. The van der Waals surface area contributed by atoms with Crippen LogP contribution < -0.4 is 5.32 Å². The predicted octanol–water partition coefficient (Wildman–Crippen LogP) is 11.1. The number of rotatable bonds is 16. The Morgan fingerprint density at radius 2 is 0.812 bits per heavy atom. The number of hydrogen-bond acceptors (Lipinski definition) is 5. The molecule has 48 heavy (non-hydrogen) atoms. The summed E-state index contributed by atoms with van der Waals surface area (Å²) >= 11 is 0. The smallest absolute Gasteiger partial charge is 0.183 e. The van der Waals surface area contributed by atoms with E-state index in [0.29, 0.717) is 71.5 Å². The van der Waals surface area contributed by atoms with E-state index in [0.717, 1.165) is 26.1 Å². The number of hydrogen-bond donors (Lipinski definition) is 1. The maximum absolute atomic E-state index is 6.51. The third-order valence-electron chi connectivity index (χ3n) is 11.9. The Labute approximate surface area is 301 Å². The quantitative estimate of drug-likeness (QED) is 0.129. The summed E-state index contributed by atoms with van der Waals surface area (Å²) in [5.74, 6) is 5.32. The van der Waals surface area contributed by atoms with Gasteiger partial charge in [0.15, 0.2) is 16.6 Å². The second kappa shape index (κ2) is 18.9. The van der Waals surface area contributed by atoms with Gasteiger partial charge >= 0.3 is 0 Å². The Morgan fingerprint density at radius 3 is 1.08 bits per heavy atom. The monoisotopic (exact) mass is 704 g/mol. The van der Waals surface area contributed by atoms with Crippen molar-refractivity contribution in [2.24, 2.45) is 57.3 Å². The molecule has 6 unspecified atom stereocenters. The van der Waals surface area contributed by atoms with Crippen LogP contribution in [0.25, 0.3) is 0 Å².